The number of nitrogens with zero attached hydrogens (tertiary/aromatic N) is 3. The number of hydrogen-bond acceptors (Lipinski definition) is 7. The van der Waals surface area contributed by atoms with Crippen LogP contribution in [0, 0.1) is 0 Å². The van der Waals surface area contributed by atoms with E-state index in [0.29, 0.717) is 36.8 Å². The largest absolute Gasteiger partial charge is 0.507 e. The Hall–Kier alpha value is -2.76. The molecule has 2 saturated heterocycles. The zero-order chi connectivity index (χ0) is 26.7. The van der Waals surface area contributed by atoms with Crippen LogP contribution in [-0.2, 0) is 24.3 Å². The third-order valence-electron chi connectivity index (χ3n) is 6.59. The van der Waals surface area contributed by atoms with Crippen LogP contribution >= 0.6 is 11.6 Å². The molecule has 198 valence electrons. The van der Waals surface area contributed by atoms with Gasteiger partial charge in [0.15, 0.2) is 0 Å². The van der Waals surface area contributed by atoms with Crippen LogP contribution in [0.3, 0.4) is 0 Å². The molecule has 2 aromatic carbocycles. The van der Waals surface area contributed by atoms with Crippen molar-refractivity contribution in [3.63, 3.8) is 0 Å². The number of Topliss-reactive ketones (excluding diaryl/α,β-unsaturated/α-hetero) is 1. The van der Waals surface area contributed by atoms with Crippen molar-refractivity contribution >= 4 is 39.1 Å². The van der Waals surface area contributed by atoms with Gasteiger partial charge in [0.1, 0.15) is 5.76 Å². The summed E-state index contributed by atoms with van der Waals surface area (Å²) in [4.78, 5) is 30.1. The lowest BCUT2D eigenvalue weighted by molar-refractivity contribution is -0.140. The summed E-state index contributed by atoms with van der Waals surface area (Å²) < 4.78 is 31.3. The maximum Gasteiger partial charge on any atom is 0.295 e. The van der Waals surface area contributed by atoms with Gasteiger partial charge in [-0.1, -0.05) is 23.7 Å². The van der Waals surface area contributed by atoms with E-state index in [4.69, 9.17) is 16.3 Å². The number of aliphatic hydroxyl groups excluding tert-OH is 1. The summed E-state index contributed by atoms with van der Waals surface area (Å²) in [6, 6.07) is 11.6. The minimum absolute atomic E-state index is 0.0454. The Morgan fingerprint density at radius 2 is 1.76 bits per heavy atom. The zero-order valence-corrected chi connectivity index (χ0v) is 22.3. The number of aliphatic hydroxyl groups is 1. The molecule has 11 heteroatoms. The first kappa shape index (κ1) is 27.3. The molecule has 0 radical (unpaired) electrons. The average Bonchev–Trinajstić information content (AvgIpc) is 3.14. The second-order valence-corrected chi connectivity index (χ2v) is 11.8. The first-order valence-corrected chi connectivity index (χ1v) is 13.8. The number of ether oxygens (including phenoxy) is 1. The Bertz CT molecular complexity index is 1300. The number of likely N-dealkylation sites (tertiary alicyclic amines) is 1. The molecule has 1 amide bonds. The highest BCUT2D eigenvalue weighted by molar-refractivity contribution is 7.89. The minimum Gasteiger partial charge on any atom is -0.507 e. The Morgan fingerprint density at radius 3 is 2.38 bits per heavy atom. The number of carbonyl (C=O) groups excluding carboxylic acids is 2. The van der Waals surface area contributed by atoms with Gasteiger partial charge in [-0.3, -0.25) is 14.5 Å². The summed E-state index contributed by atoms with van der Waals surface area (Å²) in [6.07, 6.45) is 0.640. The van der Waals surface area contributed by atoms with Gasteiger partial charge in [0.05, 0.1) is 29.7 Å². The maximum absolute atomic E-state index is 13.2. The predicted molar refractivity (Wildman–Crippen MR) is 140 cm³/mol. The monoisotopic (exact) mass is 547 g/mol. The molecule has 0 aliphatic carbocycles. The second-order valence-electron chi connectivity index (χ2n) is 9.17. The van der Waals surface area contributed by atoms with E-state index in [9.17, 15) is 23.1 Å². The number of halogens is 1. The van der Waals surface area contributed by atoms with Gasteiger partial charge < -0.3 is 14.7 Å². The fraction of sp³-hybridized carbons (Fsp3) is 0.385. The molecule has 1 N–H and O–H groups in total. The number of hydrogen-bond donors (Lipinski definition) is 1. The van der Waals surface area contributed by atoms with Crippen molar-refractivity contribution in [2.24, 2.45) is 0 Å². The number of sulfonamides is 1. The van der Waals surface area contributed by atoms with Crippen LogP contribution in [0.5, 0.6) is 0 Å². The van der Waals surface area contributed by atoms with Crippen molar-refractivity contribution in [1.29, 1.82) is 0 Å². The van der Waals surface area contributed by atoms with Crippen LogP contribution in [0.2, 0.25) is 5.02 Å². The summed E-state index contributed by atoms with van der Waals surface area (Å²) in [6.45, 7) is 4.03. The molecule has 2 fully saturated rings. The SMILES string of the molecule is CN(C)S(=O)(=O)c1ccc(/C(O)=C2\C(=O)C(=O)N(CCCN3CCOCC3)C2c2cccc(Cl)c2)cc1. The fourth-order valence-electron chi connectivity index (χ4n) is 4.57. The number of amides is 1. The van der Waals surface area contributed by atoms with Gasteiger partial charge in [-0.2, -0.15) is 0 Å². The molecule has 4 rings (SSSR count). The van der Waals surface area contributed by atoms with Gasteiger partial charge in [-0.15, -0.1) is 0 Å². The Balaban J connectivity index is 1.68. The summed E-state index contributed by atoms with van der Waals surface area (Å²) in [5.41, 5.74) is 0.782. The van der Waals surface area contributed by atoms with Crippen molar-refractivity contribution in [2.75, 3.05) is 53.5 Å². The van der Waals surface area contributed by atoms with Crippen LogP contribution in [0.1, 0.15) is 23.6 Å². The normalized spacial score (nSPS) is 20.6. The fourth-order valence-corrected chi connectivity index (χ4v) is 5.67. The predicted octanol–water partition coefficient (Wildman–Crippen LogP) is 2.73. The molecule has 2 aliphatic heterocycles. The van der Waals surface area contributed by atoms with Gasteiger partial charge in [0, 0.05) is 50.9 Å². The Morgan fingerprint density at radius 1 is 1.08 bits per heavy atom. The van der Waals surface area contributed by atoms with Gasteiger partial charge in [0.2, 0.25) is 10.0 Å². The minimum atomic E-state index is -3.67. The molecule has 2 heterocycles. The molecule has 0 bridgehead atoms. The molecule has 0 spiro atoms. The van der Waals surface area contributed by atoms with Crippen molar-refractivity contribution in [3.8, 4) is 0 Å². The molecule has 2 aromatic rings. The van der Waals surface area contributed by atoms with Gasteiger partial charge >= 0.3 is 0 Å². The van der Waals surface area contributed by atoms with Crippen LogP contribution in [-0.4, -0.2) is 92.8 Å². The highest BCUT2D eigenvalue weighted by Gasteiger charge is 2.45. The van der Waals surface area contributed by atoms with Crippen LogP contribution in [0.15, 0.2) is 59.0 Å². The lowest BCUT2D eigenvalue weighted by atomic mass is 9.95. The average molecular weight is 548 g/mol. The van der Waals surface area contributed by atoms with E-state index in [1.54, 1.807) is 24.3 Å². The summed E-state index contributed by atoms with van der Waals surface area (Å²) in [5.74, 6) is -1.85. The molecular formula is C26H30ClN3O6S. The summed E-state index contributed by atoms with van der Waals surface area (Å²) in [5, 5.41) is 11.7. The first-order valence-electron chi connectivity index (χ1n) is 12.0. The van der Waals surface area contributed by atoms with Crippen LogP contribution in [0.4, 0.5) is 0 Å². The molecule has 9 nitrogen and oxygen atoms in total. The van der Waals surface area contributed by atoms with E-state index in [0.717, 1.165) is 23.9 Å². The molecule has 2 aliphatic rings. The van der Waals surface area contributed by atoms with Gasteiger partial charge in [-0.05, 0) is 48.4 Å². The number of rotatable bonds is 8. The molecule has 1 unspecified atom stereocenters. The summed E-state index contributed by atoms with van der Waals surface area (Å²) >= 11 is 6.23. The lowest BCUT2D eigenvalue weighted by Gasteiger charge is -2.29. The van der Waals surface area contributed by atoms with Crippen LogP contribution in [0.25, 0.3) is 5.76 Å². The van der Waals surface area contributed by atoms with Crippen molar-refractivity contribution in [1.82, 2.24) is 14.1 Å². The third-order valence-corrected chi connectivity index (χ3v) is 8.65. The molecular weight excluding hydrogens is 518 g/mol. The molecule has 0 aromatic heterocycles. The highest BCUT2D eigenvalue weighted by Crippen LogP contribution is 2.40. The van der Waals surface area contributed by atoms with Crippen LogP contribution < -0.4 is 0 Å². The van der Waals surface area contributed by atoms with E-state index in [-0.39, 0.29) is 21.8 Å². The van der Waals surface area contributed by atoms with E-state index >= 15 is 0 Å². The highest BCUT2D eigenvalue weighted by atomic mass is 35.5. The smallest absolute Gasteiger partial charge is 0.295 e. The lowest BCUT2D eigenvalue weighted by Crippen LogP contribution is -2.38. The second kappa shape index (κ2) is 11.3. The molecule has 0 saturated carbocycles. The first-order chi connectivity index (χ1) is 17.6. The maximum atomic E-state index is 13.2. The Labute approximate surface area is 221 Å². The van der Waals surface area contributed by atoms with Gasteiger partial charge in [0.25, 0.3) is 11.7 Å². The van der Waals surface area contributed by atoms with Crippen molar-refractivity contribution in [3.05, 3.63) is 70.3 Å². The molecule has 1 atom stereocenters. The summed E-state index contributed by atoms with van der Waals surface area (Å²) in [7, 11) is -0.814. The number of morpholine rings is 1. The number of carbonyl (C=O) groups is 2. The third kappa shape index (κ3) is 5.73. The standard InChI is InChI=1S/C26H30ClN3O6S/c1-28(2)37(34,35)21-9-7-18(8-10-21)24(31)22-23(19-5-3-6-20(27)17-19)30(26(33)25(22)32)12-4-11-29-13-15-36-16-14-29/h3,5-10,17,23,31H,4,11-16H2,1-2H3/b24-22+. The number of benzene rings is 2. The quantitative estimate of drug-likeness (QED) is 0.307. The van der Waals surface area contributed by atoms with Crippen molar-refractivity contribution < 1.29 is 27.9 Å². The zero-order valence-electron chi connectivity index (χ0n) is 20.8. The molecule has 37 heavy (non-hydrogen) atoms. The Kier molecular flexibility index (Phi) is 8.35. The van der Waals surface area contributed by atoms with E-state index in [1.807, 2.05) is 0 Å². The van der Waals surface area contributed by atoms with E-state index < -0.39 is 27.8 Å². The number of ketones is 1. The van der Waals surface area contributed by atoms with E-state index in [1.165, 1.54) is 43.3 Å². The topological polar surface area (TPSA) is 107 Å². The van der Waals surface area contributed by atoms with Crippen molar-refractivity contribution in [2.45, 2.75) is 17.4 Å². The van der Waals surface area contributed by atoms with Gasteiger partial charge in [-0.25, -0.2) is 12.7 Å². The van der Waals surface area contributed by atoms with E-state index in [2.05, 4.69) is 4.90 Å².